The van der Waals surface area contributed by atoms with E-state index in [1.807, 2.05) is 18.2 Å². The summed E-state index contributed by atoms with van der Waals surface area (Å²) >= 11 is 3.91. The summed E-state index contributed by atoms with van der Waals surface area (Å²) in [6.07, 6.45) is 5.90. The molecule has 0 bridgehead atoms. The van der Waals surface area contributed by atoms with E-state index in [1.165, 1.54) is 0 Å². The summed E-state index contributed by atoms with van der Waals surface area (Å²) in [5, 5.41) is 8.05. The highest BCUT2D eigenvalue weighted by Gasteiger charge is 2.60. The Labute approximate surface area is 75.1 Å². The zero-order valence-electron chi connectivity index (χ0n) is 6.18. The van der Waals surface area contributed by atoms with E-state index in [-0.39, 0.29) is 18.3 Å². The van der Waals surface area contributed by atoms with Crippen LogP contribution in [-0.2, 0) is 9.47 Å². The molecule has 64 valence electrons. The normalized spacial score (nSPS) is 54.5. The van der Waals surface area contributed by atoms with Crippen LogP contribution < -0.4 is 0 Å². The Kier molecular flexibility index (Phi) is 1.17. The molecule has 0 radical (unpaired) electrons. The van der Waals surface area contributed by atoms with E-state index in [0.717, 1.165) is 5.57 Å². The van der Waals surface area contributed by atoms with E-state index in [0.29, 0.717) is 0 Å². The fourth-order valence-corrected chi connectivity index (χ4v) is 1.83. The number of fused-ring (bicyclic) bond motifs is 1. The second-order valence-corrected chi connectivity index (χ2v) is 3.87. The van der Waals surface area contributed by atoms with Gasteiger partial charge in [-0.15, -0.1) is 12.6 Å². The van der Waals surface area contributed by atoms with Gasteiger partial charge in [0.05, 0.1) is 0 Å². The van der Waals surface area contributed by atoms with Gasteiger partial charge in [0.25, 0.3) is 0 Å². The molecule has 4 heteroatoms. The Morgan fingerprint density at radius 3 is 3.00 bits per heavy atom. The third kappa shape index (κ3) is 0.894. The number of aliphatic hydroxyl groups is 1. The first-order valence-electron chi connectivity index (χ1n) is 3.85. The fourth-order valence-electron chi connectivity index (χ4n) is 1.57. The van der Waals surface area contributed by atoms with Crippen LogP contribution in [0.3, 0.4) is 0 Å². The van der Waals surface area contributed by atoms with Crippen LogP contribution in [0, 0.1) is 0 Å². The van der Waals surface area contributed by atoms with Crippen LogP contribution in [-0.4, -0.2) is 28.5 Å². The second kappa shape index (κ2) is 1.96. The molecular formula is C8H8O3S. The average Bonchev–Trinajstić information content (AvgIpc) is 2.84. The standard InChI is InChI=1S/C8H8O3S/c9-8(12)7(11-8)4-2-1-3-5-6(4)10-5/h1-3,5-7,9,12H. The van der Waals surface area contributed by atoms with Gasteiger partial charge in [0.1, 0.15) is 18.3 Å². The van der Waals surface area contributed by atoms with Crippen molar-refractivity contribution in [3.05, 3.63) is 23.8 Å². The van der Waals surface area contributed by atoms with E-state index in [2.05, 4.69) is 12.6 Å². The van der Waals surface area contributed by atoms with Crippen molar-refractivity contribution >= 4 is 12.6 Å². The van der Waals surface area contributed by atoms with Crippen molar-refractivity contribution in [2.75, 3.05) is 0 Å². The molecule has 0 aromatic heterocycles. The van der Waals surface area contributed by atoms with Gasteiger partial charge < -0.3 is 14.6 Å². The molecule has 2 aliphatic heterocycles. The van der Waals surface area contributed by atoms with Gasteiger partial charge in [0, 0.05) is 0 Å². The van der Waals surface area contributed by atoms with E-state index >= 15 is 0 Å². The Balaban J connectivity index is 1.86. The van der Waals surface area contributed by atoms with Crippen molar-refractivity contribution in [2.24, 2.45) is 0 Å². The van der Waals surface area contributed by atoms with Crippen molar-refractivity contribution in [3.8, 4) is 0 Å². The van der Waals surface area contributed by atoms with Gasteiger partial charge in [-0.3, -0.25) is 0 Å². The summed E-state index contributed by atoms with van der Waals surface area (Å²) in [5.41, 5.74) is 1.00. The summed E-state index contributed by atoms with van der Waals surface area (Å²) in [6.45, 7) is 0. The van der Waals surface area contributed by atoms with Crippen molar-refractivity contribution in [3.63, 3.8) is 0 Å². The number of ether oxygens (including phenoxy) is 2. The lowest BCUT2D eigenvalue weighted by molar-refractivity contribution is 0.125. The molecule has 0 spiro atoms. The van der Waals surface area contributed by atoms with Crippen LogP contribution in [0.1, 0.15) is 0 Å². The fraction of sp³-hybridized carbons (Fsp3) is 0.500. The molecule has 0 aromatic carbocycles. The van der Waals surface area contributed by atoms with Gasteiger partial charge in [0.2, 0.25) is 5.12 Å². The Bertz CT molecular complexity index is 295. The first-order chi connectivity index (χ1) is 5.68. The van der Waals surface area contributed by atoms with Crippen LogP contribution in [0.4, 0.5) is 0 Å². The minimum atomic E-state index is -1.26. The highest BCUT2D eigenvalue weighted by atomic mass is 32.1. The maximum atomic E-state index is 9.30. The molecule has 3 rings (SSSR count). The van der Waals surface area contributed by atoms with Crippen LogP contribution in [0.5, 0.6) is 0 Å². The van der Waals surface area contributed by atoms with E-state index < -0.39 is 5.12 Å². The first kappa shape index (κ1) is 7.15. The molecule has 2 heterocycles. The van der Waals surface area contributed by atoms with Crippen LogP contribution in [0.25, 0.3) is 0 Å². The number of hydrogen-bond donors (Lipinski definition) is 2. The van der Waals surface area contributed by atoms with Crippen molar-refractivity contribution in [1.29, 1.82) is 0 Å². The van der Waals surface area contributed by atoms with Crippen molar-refractivity contribution in [1.82, 2.24) is 0 Å². The molecule has 12 heavy (non-hydrogen) atoms. The van der Waals surface area contributed by atoms with Gasteiger partial charge in [-0.05, 0) is 5.57 Å². The zero-order chi connectivity index (χ0) is 8.34. The van der Waals surface area contributed by atoms with Crippen molar-refractivity contribution in [2.45, 2.75) is 23.4 Å². The maximum absolute atomic E-state index is 9.30. The van der Waals surface area contributed by atoms with E-state index in [9.17, 15) is 5.11 Å². The lowest BCUT2D eigenvalue weighted by Gasteiger charge is -2.01. The monoisotopic (exact) mass is 184 g/mol. The van der Waals surface area contributed by atoms with E-state index in [4.69, 9.17) is 9.47 Å². The Morgan fingerprint density at radius 2 is 2.33 bits per heavy atom. The molecule has 2 saturated heterocycles. The lowest BCUT2D eigenvalue weighted by atomic mass is 10.0. The third-order valence-corrected chi connectivity index (χ3v) is 2.66. The third-order valence-electron chi connectivity index (χ3n) is 2.32. The summed E-state index contributed by atoms with van der Waals surface area (Å²) in [7, 11) is 0. The molecule has 0 saturated carbocycles. The first-order valence-corrected chi connectivity index (χ1v) is 4.29. The highest BCUT2D eigenvalue weighted by molar-refractivity contribution is 7.81. The smallest absolute Gasteiger partial charge is 0.245 e. The van der Waals surface area contributed by atoms with Crippen LogP contribution in [0.2, 0.25) is 0 Å². The summed E-state index contributed by atoms with van der Waals surface area (Å²) in [4.78, 5) is 0. The highest BCUT2D eigenvalue weighted by Crippen LogP contribution is 2.48. The lowest BCUT2D eigenvalue weighted by Crippen LogP contribution is -2.12. The minimum absolute atomic E-state index is 0.126. The van der Waals surface area contributed by atoms with Gasteiger partial charge in [-0.25, -0.2) is 0 Å². The number of rotatable bonds is 1. The molecule has 1 N–H and O–H groups in total. The molecule has 3 nitrogen and oxygen atoms in total. The molecular weight excluding hydrogens is 176 g/mol. The molecule has 0 aromatic rings. The van der Waals surface area contributed by atoms with Crippen LogP contribution >= 0.6 is 12.6 Å². The molecule has 3 aliphatic rings. The van der Waals surface area contributed by atoms with E-state index in [1.54, 1.807) is 0 Å². The molecule has 4 unspecified atom stereocenters. The average molecular weight is 184 g/mol. The predicted molar refractivity (Wildman–Crippen MR) is 44.7 cm³/mol. The summed E-state index contributed by atoms with van der Waals surface area (Å²) in [5.74, 6) is 0. The van der Waals surface area contributed by atoms with Gasteiger partial charge in [-0.1, -0.05) is 18.2 Å². The second-order valence-electron chi connectivity index (χ2n) is 3.23. The molecule has 4 atom stereocenters. The predicted octanol–water partition coefficient (Wildman–Crippen LogP) is 0.225. The topological polar surface area (TPSA) is 45.3 Å². The largest absolute Gasteiger partial charge is 0.360 e. The molecule has 0 amide bonds. The number of hydrogen-bond acceptors (Lipinski definition) is 4. The molecule has 2 fully saturated rings. The minimum Gasteiger partial charge on any atom is -0.360 e. The van der Waals surface area contributed by atoms with Gasteiger partial charge >= 0.3 is 0 Å². The van der Waals surface area contributed by atoms with Crippen molar-refractivity contribution < 1.29 is 14.6 Å². The SMILES string of the molecule is OC1(S)OC1C1=CC=CC2OC12. The number of thiol groups is 1. The quantitative estimate of drug-likeness (QED) is 0.348. The number of allylic oxidation sites excluding steroid dienone is 2. The van der Waals surface area contributed by atoms with Crippen LogP contribution in [0.15, 0.2) is 23.8 Å². The summed E-state index contributed by atoms with van der Waals surface area (Å²) < 4.78 is 10.3. The Hall–Kier alpha value is -0.290. The van der Waals surface area contributed by atoms with Gasteiger partial charge in [-0.2, -0.15) is 0 Å². The number of epoxide rings is 2. The Morgan fingerprint density at radius 1 is 1.58 bits per heavy atom. The molecule has 1 aliphatic carbocycles. The van der Waals surface area contributed by atoms with Gasteiger partial charge in [0.15, 0.2) is 0 Å². The zero-order valence-corrected chi connectivity index (χ0v) is 7.07. The maximum Gasteiger partial charge on any atom is 0.245 e. The summed E-state index contributed by atoms with van der Waals surface area (Å²) in [6, 6.07) is 0.